The summed E-state index contributed by atoms with van der Waals surface area (Å²) in [4.78, 5) is 13.5. The first-order chi connectivity index (χ1) is 6.83. The molecule has 3 heteroatoms. The van der Waals surface area contributed by atoms with Gasteiger partial charge in [0.2, 0.25) is 6.08 Å². The van der Waals surface area contributed by atoms with E-state index in [0.717, 1.165) is 24.8 Å². The van der Waals surface area contributed by atoms with Crippen molar-refractivity contribution in [3.05, 3.63) is 28.8 Å². The average Bonchev–Trinajstić information content (AvgIpc) is 2.64. The molecular weight excluding hydrogens is 178 g/mol. The van der Waals surface area contributed by atoms with Gasteiger partial charge in [-0.3, -0.25) is 0 Å². The number of aryl methyl sites for hydroxylation is 1. The zero-order valence-corrected chi connectivity index (χ0v) is 7.79. The molecule has 0 heterocycles. The second-order valence-electron chi connectivity index (χ2n) is 3.46. The van der Waals surface area contributed by atoms with Gasteiger partial charge in [-0.2, -0.15) is 0 Å². The Morgan fingerprint density at radius 1 is 1.43 bits per heavy atom. The number of carbonyl (C=O) groups excluding carboxylic acids is 1. The Bertz CT molecular complexity index is 406. The van der Waals surface area contributed by atoms with Gasteiger partial charge >= 0.3 is 0 Å². The van der Waals surface area contributed by atoms with Gasteiger partial charge in [0.15, 0.2) is 0 Å². The number of rotatable bonds is 2. The summed E-state index contributed by atoms with van der Waals surface area (Å²) in [5.41, 5.74) is 3.24. The van der Waals surface area contributed by atoms with E-state index >= 15 is 0 Å². The van der Waals surface area contributed by atoms with Crippen molar-refractivity contribution in [1.82, 2.24) is 0 Å². The van der Waals surface area contributed by atoms with E-state index in [4.69, 9.17) is 0 Å². The summed E-state index contributed by atoms with van der Waals surface area (Å²) in [7, 11) is 0. The number of nitrogens with zero attached hydrogens (tertiary/aromatic N) is 1. The van der Waals surface area contributed by atoms with Gasteiger partial charge in [0.1, 0.15) is 5.75 Å². The van der Waals surface area contributed by atoms with Crippen molar-refractivity contribution in [1.29, 1.82) is 0 Å². The number of aromatic hydroxyl groups is 1. The molecule has 0 bridgehead atoms. The Morgan fingerprint density at radius 3 is 3.07 bits per heavy atom. The van der Waals surface area contributed by atoms with Crippen LogP contribution in [-0.2, 0) is 24.2 Å². The van der Waals surface area contributed by atoms with Crippen LogP contribution in [0.5, 0.6) is 5.75 Å². The highest BCUT2D eigenvalue weighted by Gasteiger charge is 2.16. The quantitative estimate of drug-likeness (QED) is 0.568. The first-order valence-corrected chi connectivity index (χ1v) is 4.69. The van der Waals surface area contributed by atoms with Crippen LogP contribution in [0.2, 0.25) is 0 Å². The summed E-state index contributed by atoms with van der Waals surface area (Å²) in [6.45, 7) is 0.249. The molecule has 3 nitrogen and oxygen atoms in total. The fourth-order valence-corrected chi connectivity index (χ4v) is 2.02. The summed E-state index contributed by atoms with van der Waals surface area (Å²) in [5.74, 6) is 0.240. The number of hydrogen-bond acceptors (Lipinski definition) is 3. The van der Waals surface area contributed by atoms with Crippen LogP contribution in [-0.4, -0.2) is 11.2 Å². The van der Waals surface area contributed by atoms with Crippen LogP contribution in [0.3, 0.4) is 0 Å². The Kier molecular flexibility index (Phi) is 2.33. The fourth-order valence-electron chi connectivity index (χ4n) is 2.02. The normalized spacial score (nSPS) is 13.4. The molecule has 0 spiro atoms. The lowest BCUT2D eigenvalue weighted by atomic mass is 10.0. The molecule has 0 fully saturated rings. The highest BCUT2D eigenvalue weighted by atomic mass is 16.3. The van der Waals surface area contributed by atoms with Crippen molar-refractivity contribution in [3.63, 3.8) is 0 Å². The second-order valence-corrected chi connectivity index (χ2v) is 3.46. The molecule has 0 aromatic heterocycles. The Hall–Kier alpha value is -1.60. The number of aliphatic imine (C=N–C) groups is 1. The number of hydrogen-bond donors (Lipinski definition) is 1. The van der Waals surface area contributed by atoms with Crippen LogP contribution >= 0.6 is 0 Å². The molecular formula is C11H11NO2. The summed E-state index contributed by atoms with van der Waals surface area (Å²) < 4.78 is 0. The highest BCUT2D eigenvalue weighted by Crippen LogP contribution is 2.31. The van der Waals surface area contributed by atoms with Crippen molar-refractivity contribution in [2.45, 2.75) is 25.8 Å². The molecule has 1 aliphatic carbocycles. The van der Waals surface area contributed by atoms with E-state index in [9.17, 15) is 9.90 Å². The van der Waals surface area contributed by atoms with Crippen molar-refractivity contribution in [2.24, 2.45) is 4.99 Å². The van der Waals surface area contributed by atoms with Crippen molar-refractivity contribution in [3.8, 4) is 5.75 Å². The van der Waals surface area contributed by atoms with Gasteiger partial charge in [0, 0.05) is 5.56 Å². The number of isocyanates is 1. The third-order valence-corrected chi connectivity index (χ3v) is 2.68. The van der Waals surface area contributed by atoms with Crippen molar-refractivity contribution < 1.29 is 9.90 Å². The Balaban J connectivity index is 2.45. The summed E-state index contributed by atoms with van der Waals surface area (Å²) in [6.07, 6.45) is 4.66. The molecule has 1 aliphatic rings. The van der Waals surface area contributed by atoms with Gasteiger partial charge in [0.05, 0.1) is 6.54 Å². The van der Waals surface area contributed by atoms with E-state index in [1.54, 1.807) is 6.07 Å². The lowest BCUT2D eigenvalue weighted by Gasteiger charge is -2.07. The van der Waals surface area contributed by atoms with Gasteiger partial charge in [-0.05, 0) is 36.5 Å². The Labute approximate surface area is 82.1 Å². The maximum Gasteiger partial charge on any atom is 0.235 e. The smallest absolute Gasteiger partial charge is 0.235 e. The van der Waals surface area contributed by atoms with Crippen LogP contribution in [0.1, 0.15) is 23.1 Å². The monoisotopic (exact) mass is 189 g/mol. The minimum absolute atomic E-state index is 0.240. The van der Waals surface area contributed by atoms with E-state index in [2.05, 4.69) is 4.99 Å². The summed E-state index contributed by atoms with van der Waals surface area (Å²) in [5, 5.41) is 9.61. The van der Waals surface area contributed by atoms with Crippen LogP contribution in [0.15, 0.2) is 17.1 Å². The first-order valence-electron chi connectivity index (χ1n) is 4.69. The maximum atomic E-state index is 10.0. The van der Waals surface area contributed by atoms with Crippen LogP contribution < -0.4 is 0 Å². The molecule has 0 radical (unpaired) electrons. The predicted molar refractivity (Wildman–Crippen MR) is 52.0 cm³/mol. The van der Waals surface area contributed by atoms with Crippen molar-refractivity contribution in [2.75, 3.05) is 0 Å². The number of phenolic OH excluding ortho intramolecular Hbond substituents is 1. The SMILES string of the molecule is O=C=NCc1c(O)ccc2c1CCC2. The van der Waals surface area contributed by atoms with Crippen LogP contribution in [0.4, 0.5) is 0 Å². The van der Waals surface area contributed by atoms with E-state index in [1.807, 2.05) is 6.07 Å². The van der Waals surface area contributed by atoms with E-state index in [1.165, 1.54) is 17.2 Å². The van der Waals surface area contributed by atoms with Crippen molar-refractivity contribution >= 4 is 6.08 Å². The second kappa shape index (κ2) is 3.64. The minimum atomic E-state index is 0.240. The molecule has 14 heavy (non-hydrogen) atoms. The molecule has 0 aliphatic heterocycles. The van der Waals surface area contributed by atoms with E-state index in [-0.39, 0.29) is 12.3 Å². The molecule has 72 valence electrons. The van der Waals surface area contributed by atoms with Crippen LogP contribution in [0, 0.1) is 0 Å². The molecule has 1 N–H and O–H groups in total. The summed E-state index contributed by atoms with van der Waals surface area (Å²) in [6, 6.07) is 3.63. The zero-order valence-electron chi connectivity index (χ0n) is 7.79. The number of benzene rings is 1. The third kappa shape index (κ3) is 1.42. The average molecular weight is 189 g/mol. The molecule has 1 aromatic carbocycles. The first kappa shape index (κ1) is 8.97. The number of fused-ring (bicyclic) bond motifs is 1. The zero-order chi connectivity index (χ0) is 9.97. The standard InChI is InChI=1S/C11H11NO2/c13-7-12-6-10-9-3-1-2-8(9)4-5-11(10)14/h4-5,14H,1-3,6H2. The molecule has 0 amide bonds. The van der Waals surface area contributed by atoms with Gasteiger partial charge in [-0.25, -0.2) is 9.79 Å². The fraction of sp³-hybridized carbons (Fsp3) is 0.364. The predicted octanol–water partition coefficient (Wildman–Crippen LogP) is 1.72. The van der Waals surface area contributed by atoms with Gasteiger partial charge in [-0.1, -0.05) is 6.07 Å². The van der Waals surface area contributed by atoms with E-state index < -0.39 is 0 Å². The van der Waals surface area contributed by atoms with Gasteiger partial charge in [0.25, 0.3) is 0 Å². The lowest BCUT2D eigenvalue weighted by Crippen LogP contribution is -1.92. The van der Waals surface area contributed by atoms with Crippen LogP contribution in [0.25, 0.3) is 0 Å². The van der Waals surface area contributed by atoms with Gasteiger partial charge < -0.3 is 5.11 Å². The molecule has 2 rings (SSSR count). The molecule has 0 saturated heterocycles. The topological polar surface area (TPSA) is 49.7 Å². The maximum absolute atomic E-state index is 10.0. The molecule has 0 saturated carbocycles. The Morgan fingerprint density at radius 2 is 2.29 bits per heavy atom. The van der Waals surface area contributed by atoms with Gasteiger partial charge in [-0.15, -0.1) is 0 Å². The third-order valence-electron chi connectivity index (χ3n) is 2.68. The summed E-state index contributed by atoms with van der Waals surface area (Å²) >= 11 is 0. The van der Waals surface area contributed by atoms with E-state index in [0.29, 0.717) is 0 Å². The molecule has 0 unspecified atom stereocenters. The lowest BCUT2D eigenvalue weighted by molar-refractivity contribution is 0.467. The number of phenols is 1. The largest absolute Gasteiger partial charge is 0.508 e. The highest BCUT2D eigenvalue weighted by molar-refractivity contribution is 5.47. The minimum Gasteiger partial charge on any atom is -0.508 e. The molecule has 0 atom stereocenters. The molecule has 1 aromatic rings.